The first-order valence-electron chi connectivity index (χ1n) is 7.25. The van der Waals surface area contributed by atoms with Gasteiger partial charge in [0.25, 0.3) is 0 Å². The summed E-state index contributed by atoms with van der Waals surface area (Å²) in [6.45, 7) is 2.69. The molecule has 118 valence electrons. The standard InChI is InChI=1S/C16H23NO3.ClH/c1-20-15-5-3-2-4-14(15)12-13-6-9-17(10-7-13)11-8-16(18)19;/h2-5,13H,6-12H2,1H3,(H,18,19);1H. The molecule has 1 fully saturated rings. The second kappa shape index (κ2) is 8.90. The van der Waals surface area contributed by atoms with Crippen molar-refractivity contribution in [1.29, 1.82) is 0 Å². The number of aliphatic carboxylic acids is 1. The number of benzene rings is 1. The van der Waals surface area contributed by atoms with Crippen LogP contribution >= 0.6 is 12.4 Å². The van der Waals surface area contributed by atoms with Gasteiger partial charge in [0.1, 0.15) is 5.75 Å². The highest BCUT2D eigenvalue weighted by Crippen LogP contribution is 2.26. The molecule has 0 spiro atoms. The normalized spacial score (nSPS) is 16.2. The van der Waals surface area contributed by atoms with E-state index in [4.69, 9.17) is 9.84 Å². The molecule has 0 saturated carbocycles. The molecule has 1 aromatic carbocycles. The summed E-state index contributed by atoms with van der Waals surface area (Å²) >= 11 is 0. The van der Waals surface area contributed by atoms with Gasteiger partial charge in [-0.2, -0.15) is 0 Å². The highest BCUT2D eigenvalue weighted by Gasteiger charge is 2.20. The first-order chi connectivity index (χ1) is 9.69. The average molecular weight is 314 g/mol. The van der Waals surface area contributed by atoms with E-state index in [0.29, 0.717) is 12.5 Å². The van der Waals surface area contributed by atoms with Gasteiger partial charge in [0, 0.05) is 6.54 Å². The number of nitrogens with zero attached hydrogens (tertiary/aromatic N) is 1. The summed E-state index contributed by atoms with van der Waals surface area (Å²) in [4.78, 5) is 12.8. The van der Waals surface area contributed by atoms with Crippen LogP contribution in [0.25, 0.3) is 0 Å². The number of methoxy groups -OCH3 is 1. The number of carbonyl (C=O) groups is 1. The molecule has 2 rings (SSSR count). The molecule has 1 aromatic rings. The van der Waals surface area contributed by atoms with Gasteiger partial charge in [0.05, 0.1) is 13.5 Å². The summed E-state index contributed by atoms with van der Waals surface area (Å²) in [6, 6.07) is 8.20. The predicted octanol–water partition coefficient (Wildman–Crippen LogP) is 2.85. The van der Waals surface area contributed by atoms with Gasteiger partial charge in [0.15, 0.2) is 0 Å². The summed E-state index contributed by atoms with van der Waals surface area (Å²) in [5.74, 6) is 0.939. The van der Waals surface area contributed by atoms with E-state index in [-0.39, 0.29) is 18.8 Å². The Labute approximate surface area is 132 Å². The van der Waals surface area contributed by atoms with Crippen LogP contribution in [-0.4, -0.2) is 42.7 Å². The Bertz CT molecular complexity index is 445. The molecule has 0 radical (unpaired) electrons. The number of rotatable bonds is 6. The SMILES string of the molecule is COc1ccccc1CC1CCN(CCC(=O)O)CC1.Cl. The van der Waals surface area contributed by atoms with Crippen LogP contribution in [0.5, 0.6) is 5.75 Å². The zero-order chi connectivity index (χ0) is 14.4. The van der Waals surface area contributed by atoms with Crippen LogP contribution in [0.3, 0.4) is 0 Å². The fraction of sp³-hybridized carbons (Fsp3) is 0.562. The van der Waals surface area contributed by atoms with Gasteiger partial charge in [-0.3, -0.25) is 4.79 Å². The van der Waals surface area contributed by atoms with E-state index < -0.39 is 5.97 Å². The Morgan fingerprint density at radius 3 is 2.62 bits per heavy atom. The van der Waals surface area contributed by atoms with E-state index in [1.807, 2.05) is 12.1 Å². The van der Waals surface area contributed by atoms with Crippen molar-refractivity contribution < 1.29 is 14.6 Å². The molecule has 0 aromatic heterocycles. The minimum atomic E-state index is -0.707. The Balaban J connectivity index is 0.00000220. The first kappa shape index (κ1) is 17.8. The van der Waals surface area contributed by atoms with Gasteiger partial charge in [-0.05, 0) is 49.9 Å². The summed E-state index contributed by atoms with van der Waals surface area (Å²) < 4.78 is 5.40. The highest BCUT2D eigenvalue weighted by atomic mass is 35.5. The third kappa shape index (κ3) is 5.56. The quantitative estimate of drug-likeness (QED) is 0.877. The first-order valence-corrected chi connectivity index (χ1v) is 7.25. The van der Waals surface area contributed by atoms with Gasteiger partial charge in [-0.15, -0.1) is 12.4 Å². The zero-order valence-corrected chi connectivity index (χ0v) is 13.3. The van der Waals surface area contributed by atoms with Crippen LogP contribution < -0.4 is 4.74 Å². The van der Waals surface area contributed by atoms with Crippen molar-refractivity contribution in [3.63, 3.8) is 0 Å². The number of piperidine rings is 1. The van der Waals surface area contributed by atoms with E-state index in [0.717, 1.165) is 38.1 Å². The lowest BCUT2D eigenvalue weighted by Gasteiger charge is -2.31. The lowest BCUT2D eigenvalue weighted by molar-refractivity contribution is -0.137. The van der Waals surface area contributed by atoms with Crippen molar-refractivity contribution in [2.45, 2.75) is 25.7 Å². The van der Waals surface area contributed by atoms with Gasteiger partial charge in [0.2, 0.25) is 0 Å². The van der Waals surface area contributed by atoms with Crippen molar-refractivity contribution in [3.8, 4) is 5.75 Å². The lowest BCUT2D eigenvalue weighted by atomic mass is 9.90. The molecule has 1 saturated heterocycles. The van der Waals surface area contributed by atoms with E-state index in [1.165, 1.54) is 5.56 Å². The number of carboxylic acid groups (broad SMARTS) is 1. The largest absolute Gasteiger partial charge is 0.496 e. The van der Waals surface area contributed by atoms with Crippen LogP contribution in [0.1, 0.15) is 24.8 Å². The van der Waals surface area contributed by atoms with Crippen LogP contribution in [0, 0.1) is 5.92 Å². The number of para-hydroxylation sites is 1. The van der Waals surface area contributed by atoms with Crippen LogP contribution in [-0.2, 0) is 11.2 Å². The number of ether oxygens (including phenoxy) is 1. The van der Waals surface area contributed by atoms with Gasteiger partial charge in [-0.25, -0.2) is 0 Å². The number of hydrogen-bond donors (Lipinski definition) is 1. The maximum atomic E-state index is 10.6. The van der Waals surface area contributed by atoms with Crippen LogP contribution in [0.2, 0.25) is 0 Å². The number of halogens is 1. The van der Waals surface area contributed by atoms with Gasteiger partial charge < -0.3 is 14.7 Å². The molecule has 0 unspecified atom stereocenters. The van der Waals surface area contributed by atoms with Crippen molar-refractivity contribution in [1.82, 2.24) is 4.90 Å². The molecule has 0 aliphatic carbocycles. The molecular formula is C16H24ClNO3. The van der Waals surface area contributed by atoms with Crippen LogP contribution in [0.4, 0.5) is 0 Å². The summed E-state index contributed by atoms with van der Waals surface area (Å²) in [7, 11) is 1.72. The minimum Gasteiger partial charge on any atom is -0.496 e. The Morgan fingerprint density at radius 2 is 2.00 bits per heavy atom. The molecule has 1 heterocycles. The average Bonchev–Trinajstić information content (AvgIpc) is 2.47. The van der Waals surface area contributed by atoms with Crippen molar-refractivity contribution in [3.05, 3.63) is 29.8 Å². The predicted molar refractivity (Wildman–Crippen MR) is 85.4 cm³/mol. The third-order valence-corrected chi connectivity index (χ3v) is 4.05. The van der Waals surface area contributed by atoms with Gasteiger partial charge in [-0.1, -0.05) is 18.2 Å². The Morgan fingerprint density at radius 1 is 1.33 bits per heavy atom. The lowest BCUT2D eigenvalue weighted by Crippen LogP contribution is -2.35. The summed E-state index contributed by atoms with van der Waals surface area (Å²) in [5.41, 5.74) is 1.28. The number of carboxylic acids is 1. The molecule has 0 bridgehead atoms. The van der Waals surface area contributed by atoms with Gasteiger partial charge >= 0.3 is 5.97 Å². The molecule has 4 nitrogen and oxygen atoms in total. The summed E-state index contributed by atoms with van der Waals surface area (Å²) in [5, 5.41) is 8.71. The maximum Gasteiger partial charge on any atom is 0.304 e. The van der Waals surface area contributed by atoms with E-state index in [1.54, 1.807) is 7.11 Å². The van der Waals surface area contributed by atoms with Crippen molar-refractivity contribution >= 4 is 18.4 Å². The van der Waals surface area contributed by atoms with E-state index in [2.05, 4.69) is 17.0 Å². The Hall–Kier alpha value is -1.26. The molecule has 5 heteroatoms. The molecular weight excluding hydrogens is 290 g/mol. The topological polar surface area (TPSA) is 49.8 Å². The fourth-order valence-electron chi connectivity index (χ4n) is 2.85. The van der Waals surface area contributed by atoms with Crippen LogP contribution in [0.15, 0.2) is 24.3 Å². The van der Waals surface area contributed by atoms with E-state index >= 15 is 0 Å². The maximum absolute atomic E-state index is 10.6. The van der Waals surface area contributed by atoms with Crippen molar-refractivity contribution in [2.24, 2.45) is 5.92 Å². The number of likely N-dealkylation sites (tertiary alicyclic amines) is 1. The molecule has 1 aliphatic heterocycles. The second-order valence-corrected chi connectivity index (χ2v) is 5.44. The smallest absolute Gasteiger partial charge is 0.304 e. The van der Waals surface area contributed by atoms with Crippen molar-refractivity contribution in [2.75, 3.05) is 26.7 Å². The molecule has 0 amide bonds. The second-order valence-electron chi connectivity index (χ2n) is 5.44. The molecule has 0 atom stereocenters. The molecule has 1 N–H and O–H groups in total. The zero-order valence-electron chi connectivity index (χ0n) is 12.5. The Kier molecular flexibility index (Phi) is 7.54. The van der Waals surface area contributed by atoms with E-state index in [9.17, 15) is 4.79 Å². The summed E-state index contributed by atoms with van der Waals surface area (Å²) in [6.07, 6.45) is 3.57. The molecule has 1 aliphatic rings. The fourth-order valence-corrected chi connectivity index (χ4v) is 2.85. The number of hydrogen-bond acceptors (Lipinski definition) is 3. The highest BCUT2D eigenvalue weighted by molar-refractivity contribution is 5.85. The molecule has 21 heavy (non-hydrogen) atoms. The monoisotopic (exact) mass is 313 g/mol. The minimum absolute atomic E-state index is 0. The third-order valence-electron chi connectivity index (χ3n) is 4.05.